The molecule has 3 aromatic rings. The summed E-state index contributed by atoms with van der Waals surface area (Å²) in [7, 11) is 0. The minimum absolute atomic E-state index is 0.146. The summed E-state index contributed by atoms with van der Waals surface area (Å²) >= 11 is 0. The molecular weight excluding hydrogens is 401 g/mol. The number of hydrogen-bond donors (Lipinski definition) is 1. The quantitative estimate of drug-likeness (QED) is 0.694. The van der Waals surface area contributed by atoms with Crippen LogP contribution in [0, 0.1) is 5.82 Å². The Labute approximate surface area is 178 Å². The first-order valence-corrected chi connectivity index (χ1v) is 10.2. The number of halogens is 1. The zero-order valence-electron chi connectivity index (χ0n) is 16.7. The Bertz CT molecular complexity index is 1090. The van der Waals surface area contributed by atoms with E-state index in [1.807, 2.05) is 24.3 Å². The number of primary amides is 1. The highest BCUT2D eigenvalue weighted by atomic mass is 19.1. The molecule has 2 fully saturated rings. The predicted octanol–water partition coefficient (Wildman–Crippen LogP) is 2.52. The van der Waals surface area contributed by atoms with Gasteiger partial charge in [-0.25, -0.2) is 9.37 Å². The standard InChI is InChI=1S/C23H22FN3O4/c24-14-5-7-15(8-6-14)31-16-12-29-20-10-27(11-21(20)30-13-16)22-9-18(23(25)28)17-3-1-2-4-19(17)26-22/h1-9,16,20-21H,10-13H2,(H2,25,28)/t20-,21-/m0/s1. The van der Waals surface area contributed by atoms with Gasteiger partial charge in [-0.3, -0.25) is 4.79 Å². The van der Waals surface area contributed by atoms with E-state index in [1.165, 1.54) is 12.1 Å². The van der Waals surface area contributed by atoms with Gasteiger partial charge in [-0.2, -0.15) is 0 Å². The molecule has 0 bridgehead atoms. The van der Waals surface area contributed by atoms with Gasteiger partial charge in [0.2, 0.25) is 5.91 Å². The second kappa shape index (κ2) is 8.13. The van der Waals surface area contributed by atoms with Gasteiger partial charge in [0, 0.05) is 18.5 Å². The maximum absolute atomic E-state index is 13.1. The largest absolute Gasteiger partial charge is 0.486 e. The van der Waals surface area contributed by atoms with Crippen LogP contribution in [0.3, 0.4) is 0 Å². The third-order valence-corrected chi connectivity index (χ3v) is 5.62. The van der Waals surface area contributed by atoms with Crippen LogP contribution in [0.15, 0.2) is 54.6 Å². The predicted molar refractivity (Wildman–Crippen MR) is 113 cm³/mol. The van der Waals surface area contributed by atoms with Crippen LogP contribution in [-0.2, 0) is 9.47 Å². The van der Waals surface area contributed by atoms with Crippen LogP contribution >= 0.6 is 0 Å². The Hall–Kier alpha value is -3.23. The molecule has 7 nitrogen and oxygen atoms in total. The summed E-state index contributed by atoms with van der Waals surface area (Å²) in [5.74, 6) is 0.456. The molecule has 160 valence electrons. The van der Waals surface area contributed by atoms with E-state index in [2.05, 4.69) is 4.90 Å². The summed E-state index contributed by atoms with van der Waals surface area (Å²) < 4.78 is 31.1. The molecule has 2 aliphatic rings. The van der Waals surface area contributed by atoms with E-state index in [9.17, 15) is 9.18 Å². The Morgan fingerprint density at radius 1 is 1.06 bits per heavy atom. The maximum Gasteiger partial charge on any atom is 0.249 e. The normalized spacial score (nSPS) is 21.6. The number of aromatic nitrogens is 1. The first-order chi connectivity index (χ1) is 15.1. The first-order valence-electron chi connectivity index (χ1n) is 10.2. The number of nitrogens with zero attached hydrogens (tertiary/aromatic N) is 2. The molecule has 2 saturated heterocycles. The van der Waals surface area contributed by atoms with Crippen molar-refractivity contribution in [2.75, 3.05) is 31.2 Å². The zero-order valence-corrected chi connectivity index (χ0v) is 16.7. The van der Waals surface area contributed by atoms with Crippen molar-refractivity contribution in [3.05, 3.63) is 66.0 Å². The molecule has 0 aliphatic carbocycles. The van der Waals surface area contributed by atoms with E-state index in [4.69, 9.17) is 24.9 Å². The topological polar surface area (TPSA) is 86.9 Å². The summed E-state index contributed by atoms with van der Waals surface area (Å²) in [4.78, 5) is 18.7. The molecule has 0 spiro atoms. The molecule has 5 rings (SSSR count). The maximum atomic E-state index is 13.1. The molecule has 0 radical (unpaired) electrons. The summed E-state index contributed by atoms with van der Waals surface area (Å²) in [6.07, 6.45) is -0.566. The van der Waals surface area contributed by atoms with Gasteiger partial charge < -0.3 is 24.8 Å². The van der Waals surface area contributed by atoms with Crippen LogP contribution in [0.1, 0.15) is 10.4 Å². The van der Waals surface area contributed by atoms with Gasteiger partial charge in [-0.15, -0.1) is 0 Å². The molecule has 2 aromatic carbocycles. The van der Waals surface area contributed by atoms with Gasteiger partial charge in [0.1, 0.15) is 35.7 Å². The molecule has 1 amide bonds. The lowest BCUT2D eigenvalue weighted by atomic mass is 10.1. The zero-order chi connectivity index (χ0) is 21.4. The van der Waals surface area contributed by atoms with Crippen LogP contribution in [0.5, 0.6) is 5.75 Å². The van der Waals surface area contributed by atoms with Crippen LogP contribution in [0.2, 0.25) is 0 Å². The second-order valence-electron chi connectivity index (χ2n) is 7.75. The Kier molecular flexibility index (Phi) is 5.17. The number of benzene rings is 2. The summed E-state index contributed by atoms with van der Waals surface area (Å²) in [6, 6.07) is 15.1. The van der Waals surface area contributed by atoms with Crippen LogP contribution in [-0.4, -0.2) is 55.5 Å². The second-order valence-corrected chi connectivity index (χ2v) is 7.75. The van der Waals surface area contributed by atoms with Crippen LogP contribution in [0.25, 0.3) is 10.9 Å². The molecule has 0 saturated carbocycles. The van der Waals surface area contributed by atoms with E-state index in [-0.39, 0.29) is 24.1 Å². The molecule has 8 heteroatoms. The fourth-order valence-corrected chi connectivity index (χ4v) is 4.06. The van der Waals surface area contributed by atoms with E-state index < -0.39 is 5.91 Å². The molecule has 31 heavy (non-hydrogen) atoms. The minimum atomic E-state index is -0.485. The number of fused-ring (bicyclic) bond motifs is 2. The Balaban J connectivity index is 1.29. The van der Waals surface area contributed by atoms with Crippen molar-refractivity contribution >= 4 is 22.6 Å². The lowest BCUT2D eigenvalue weighted by molar-refractivity contribution is -0.00461. The average molecular weight is 423 g/mol. The van der Waals surface area contributed by atoms with Crippen LogP contribution in [0.4, 0.5) is 10.2 Å². The number of ether oxygens (including phenoxy) is 3. The number of anilines is 1. The SMILES string of the molecule is NC(=O)c1cc(N2C[C@@H]3OCC(Oc4ccc(F)cc4)CO[C@H]3C2)nc2ccccc12. The van der Waals surface area contributed by atoms with Crippen molar-refractivity contribution < 1.29 is 23.4 Å². The van der Waals surface area contributed by atoms with Gasteiger partial charge in [0.25, 0.3) is 0 Å². The lowest BCUT2D eigenvalue weighted by Gasteiger charge is -2.21. The smallest absolute Gasteiger partial charge is 0.249 e. The fraction of sp³-hybridized carbons (Fsp3) is 0.304. The Morgan fingerprint density at radius 3 is 2.42 bits per heavy atom. The number of carbonyl (C=O) groups is 1. The summed E-state index contributed by atoms with van der Waals surface area (Å²) in [5.41, 5.74) is 6.77. The van der Waals surface area contributed by atoms with Gasteiger partial charge in [-0.05, 0) is 36.4 Å². The van der Waals surface area contributed by atoms with Crippen molar-refractivity contribution in [2.24, 2.45) is 5.73 Å². The van der Waals surface area contributed by atoms with Crippen molar-refractivity contribution in [2.45, 2.75) is 18.3 Å². The number of nitrogens with two attached hydrogens (primary N) is 1. The van der Waals surface area contributed by atoms with E-state index in [0.717, 1.165) is 10.9 Å². The molecule has 2 aliphatic heterocycles. The number of hydrogen-bond acceptors (Lipinski definition) is 6. The lowest BCUT2D eigenvalue weighted by Crippen LogP contribution is -2.30. The van der Waals surface area contributed by atoms with Gasteiger partial charge >= 0.3 is 0 Å². The number of amides is 1. The number of para-hydroxylation sites is 1. The fourth-order valence-electron chi connectivity index (χ4n) is 4.06. The third-order valence-electron chi connectivity index (χ3n) is 5.62. The van der Waals surface area contributed by atoms with Crippen LogP contribution < -0.4 is 15.4 Å². The minimum Gasteiger partial charge on any atom is -0.486 e. The van der Waals surface area contributed by atoms with Crippen molar-refractivity contribution in [3.8, 4) is 5.75 Å². The summed E-state index contributed by atoms with van der Waals surface area (Å²) in [5, 5.41) is 0.737. The van der Waals surface area contributed by atoms with Gasteiger partial charge in [0.15, 0.2) is 0 Å². The average Bonchev–Trinajstić information content (AvgIpc) is 3.10. The highest BCUT2D eigenvalue weighted by Gasteiger charge is 2.38. The molecule has 3 heterocycles. The number of pyridine rings is 1. The van der Waals surface area contributed by atoms with E-state index >= 15 is 0 Å². The van der Waals surface area contributed by atoms with E-state index in [1.54, 1.807) is 18.2 Å². The highest BCUT2D eigenvalue weighted by Crippen LogP contribution is 2.28. The van der Waals surface area contributed by atoms with Gasteiger partial charge in [-0.1, -0.05) is 18.2 Å². The number of carbonyl (C=O) groups excluding carboxylic acids is 1. The van der Waals surface area contributed by atoms with Crippen molar-refractivity contribution in [1.29, 1.82) is 0 Å². The monoisotopic (exact) mass is 423 g/mol. The third kappa shape index (κ3) is 4.04. The first kappa shape index (κ1) is 19.7. The van der Waals surface area contributed by atoms with E-state index in [0.29, 0.717) is 43.4 Å². The molecule has 2 N–H and O–H groups in total. The number of rotatable bonds is 4. The molecule has 2 atom stereocenters. The molecular formula is C23H22FN3O4. The Morgan fingerprint density at radius 2 is 1.74 bits per heavy atom. The molecule has 0 unspecified atom stereocenters. The van der Waals surface area contributed by atoms with Gasteiger partial charge in [0.05, 0.1) is 24.3 Å². The van der Waals surface area contributed by atoms with Crippen molar-refractivity contribution in [3.63, 3.8) is 0 Å². The highest BCUT2D eigenvalue weighted by molar-refractivity contribution is 6.06. The molecule has 1 aromatic heterocycles. The van der Waals surface area contributed by atoms with Crippen molar-refractivity contribution in [1.82, 2.24) is 4.98 Å². The summed E-state index contributed by atoms with van der Waals surface area (Å²) in [6.45, 7) is 1.89.